The quantitative estimate of drug-likeness (QED) is 0.902. The van der Waals surface area contributed by atoms with Crippen molar-refractivity contribution in [3.63, 3.8) is 0 Å². The first-order valence-corrected chi connectivity index (χ1v) is 6.60. The summed E-state index contributed by atoms with van der Waals surface area (Å²) in [5, 5.41) is 3.40. The number of nitrogens with zero attached hydrogens (tertiary/aromatic N) is 2. The maximum atomic E-state index is 4.48. The van der Waals surface area contributed by atoms with Crippen LogP contribution < -0.4 is 5.32 Å². The molecule has 2 rings (SSSR count). The molecule has 0 aromatic carbocycles. The molecule has 0 aliphatic rings. The van der Waals surface area contributed by atoms with E-state index in [2.05, 4.69) is 49.0 Å². The average Bonchev–Trinajstić information content (AvgIpc) is 2.39. The maximum Gasteiger partial charge on any atom is 0.126 e. The zero-order valence-corrected chi connectivity index (χ0v) is 12.0. The SMILES string of the molecule is CC(Nc1ccc(C(C)(C)C)cn1)c1ccncc1. The third-order valence-corrected chi connectivity index (χ3v) is 3.20. The van der Waals surface area contributed by atoms with Gasteiger partial charge in [-0.25, -0.2) is 4.98 Å². The topological polar surface area (TPSA) is 37.8 Å². The molecule has 1 atom stereocenters. The second-order valence-electron chi connectivity index (χ2n) is 5.83. The Labute approximate surface area is 115 Å². The van der Waals surface area contributed by atoms with Crippen molar-refractivity contribution in [2.75, 3.05) is 5.32 Å². The predicted molar refractivity (Wildman–Crippen MR) is 79.2 cm³/mol. The van der Waals surface area contributed by atoms with Crippen LogP contribution in [0.15, 0.2) is 42.9 Å². The van der Waals surface area contributed by atoms with Gasteiger partial charge in [-0.3, -0.25) is 4.98 Å². The first kappa shape index (κ1) is 13.5. The summed E-state index contributed by atoms with van der Waals surface area (Å²) >= 11 is 0. The van der Waals surface area contributed by atoms with Crippen molar-refractivity contribution in [3.05, 3.63) is 54.0 Å². The summed E-state index contributed by atoms with van der Waals surface area (Å²) in [5.41, 5.74) is 2.59. The van der Waals surface area contributed by atoms with E-state index >= 15 is 0 Å². The minimum Gasteiger partial charge on any atom is -0.364 e. The Bertz CT molecular complexity index is 512. The number of hydrogen-bond donors (Lipinski definition) is 1. The van der Waals surface area contributed by atoms with Gasteiger partial charge in [-0.15, -0.1) is 0 Å². The van der Waals surface area contributed by atoms with Gasteiger partial charge in [0.05, 0.1) is 6.04 Å². The normalized spacial score (nSPS) is 13.1. The van der Waals surface area contributed by atoms with Gasteiger partial charge in [0.15, 0.2) is 0 Å². The Kier molecular flexibility index (Phi) is 3.84. The fourth-order valence-electron chi connectivity index (χ4n) is 1.88. The largest absolute Gasteiger partial charge is 0.364 e. The van der Waals surface area contributed by atoms with E-state index in [1.807, 2.05) is 36.8 Å². The fraction of sp³-hybridized carbons (Fsp3) is 0.375. The van der Waals surface area contributed by atoms with Crippen LogP contribution in [0, 0.1) is 0 Å². The summed E-state index contributed by atoms with van der Waals surface area (Å²) < 4.78 is 0. The molecule has 0 bridgehead atoms. The van der Waals surface area contributed by atoms with Gasteiger partial charge in [0.2, 0.25) is 0 Å². The van der Waals surface area contributed by atoms with E-state index in [1.54, 1.807) is 0 Å². The van der Waals surface area contributed by atoms with Crippen LogP contribution in [0.2, 0.25) is 0 Å². The molecule has 0 fully saturated rings. The summed E-state index contributed by atoms with van der Waals surface area (Å²) in [6.07, 6.45) is 5.56. The summed E-state index contributed by atoms with van der Waals surface area (Å²) in [6.45, 7) is 8.69. The lowest BCUT2D eigenvalue weighted by atomic mass is 9.88. The Morgan fingerprint density at radius 3 is 2.26 bits per heavy atom. The van der Waals surface area contributed by atoms with Gasteiger partial charge >= 0.3 is 0 Å². The molecule has 0 spiro atoms. The number of aromatic nitrogens is 2. The molecule has 3 nitrogen and oxygen atoms in total. The lowest BCUT2D eigenvalue weighted by Crippen LogP contribution is -2.12. The van der Waals surface area contributed by atoms with Crippen LogP contribution in [0.3, 0.4) is 0 Å². The van der Waals surface area contributed by atoms with E-state index < -0.39 is 0 Å². The second-order valence-corrected chi connectivity index (χ2v) is 5.83. The number of pyridine rings is 2. The molecule has 2 aromatic heterocycles. The highest BCUT2D eigenvalue weighted by Crippen LogP contribution is 2.23. The Hall–Kier alpha value is -1.90. The zero-order valence-electron chi connectivity index (χ0n) is 12.0. The fourth-order valence-corrected chi connectivity index (χ4v) is 1.88. The van der Waals surface area contributed by atoms with Gasteiger partial charge in [0.25, 0.3) is 0 Å². The van der Waals surface area contributed by atoms with Crippen LogP contribution in [0.4, 0.5) is 5.82 Å². The number of anilines is 1. The molecule has 100 valence electrons. The molecule has 0 amide bonds. The third-order valence-electron chi connectivity index (χ3n) is 3.20. The molecular weight excluding hydrogens is 234 g/mol. The minimum absolute atomic E-state index is 0.141. The monoisotopic (exact) mass is 255 g/mol. The van der Waals surface area contributed by atoms with Crippen LogP contribution in [0.1, 0.15) is 44.9 Å². The highest BCUT2D eigenvalue weighted by Gasteiger charge is 2.14. The van der Waals surface area contributed by atoms with Crippen molar-refractivity contribution in [2.45, 2.75) is 39.2 Å². The van der Waals surface area contributed by atoms with Crippen LogP contribution in [-0.2, 0) is 5.41 Å². The van der Waals surface area contributed by atoms with Crippen LogP contribution >= 0.6 is 0 Å². The Morgan fingerprint density at radius 2 is 1.74 bits per heavy atom. The maximum absolute atomic E-state index is 4.48. The highest BCUT2D eigenvalue weighted by atomic mass is 15.0. The van der Waals surface area contributed by atoms with E-state index in [4.69, 9.17) is 0 Å². The number of nitrogens with one attached hydrogen (secondary N) is 1. The van der Waals surface area contributed by atoms with Crippen molar-refractivity contribution in [3.8, 4) is 0 Å². The van der Waals surface area contributed by atoms with Gasteiger partial charge in [0, 0.05) is 18.6 Å². The zero-order chi connectivity index (χ0) is 13.9. The second kappa shape index (κ2) is 5.39. The van der Waals surface area contributed by atoms with Crippen molar-refractivity contribution < 1.29 is 0 Å². The number of hydrogen-bond acceptors (Lipinski definition) is 3. The molecule has 3 heteroatoms. The van der Waals surface area contributed by atoms with Crippen molar-refractivity contribution in [2.24, 2.45) is 0 Å². The molecular formula is C16H21N3. The third kappa shape index (κ3) is 3.53. The van der Waals surface area contributed by atoms with E-state index in [0.29, 0.717) is 0 Å². The van der Waals surface area contributed by atoms with E-state index in [9.17, 15) is 0 Å². The van der Waals surface area contributed by atoms with Crippen LogP contribution in [0.5, 0.6) is 0 Å². The summed E-state index contributed by atoms with van der Waals surface area (Å²) in [4.78, 5) is 8.51. The van der Waals surface area contributed by atoms with Crippen LogP contribution in [-0.4, -0.2) is 9.97 Å². The van der Waals surface area contributed by atoms with Gasteiger partial charge in [0.1, 0.15) is 5.82 Å². The molecule has 2 aromatic rings. The number of rotatable bonds is 3. The van der Waals surface area contributed by atoms with Gasteiger partial charge in [-0.2, -0.15) is 0 Å². The molecule has 19 heavy (non-hydrogen) atoms. The minimum atomic E-state index is 0.141. The van der Waals surface area contributed by atoms with E-state index in [-0.39, 0.29) is 11.5 Å². The van der Waals surface area contributed by atoms with Crippen LogP contribution in [0.25, 0.3) is 0 Å². The molecule has 0 saturated carbocycles. The van der Waals surface area contributed by atoms with E-state index in [0.717, 1.165) is 5.82 Å². The molecule has 0 radical (unpaired) electrons. The molecule has 0 saturated heterocycles. The lowest BCUT2D eigenvalue weighted by Gasteiger charge is -2.19. The Morgan fingerprint density at radius 1 is 1.05 bits per heavy atom. The van der Waals surface area contributed by atoms with Crippen molar-refractivity contribution >= 4 is 5.82 Å². The lowest BCUT2D eigenvalue weighted by molar-refractivity contribution is 0.587. The van der Waals surface area contributed by atoms with Crippen molar-refractivity contribution in [1.29, 1.82) is 0 Å². The predicted octanol–water partition coefficient (Wildman–Crippen LogP) is 3.95. The van der Waals surface area contributed by atoms with Crippen molar-refractivity contribution in [1.82, 2.24) is 9.97 Å². The summed E-state index contributed by atoms with van der Waals surface area (Å²) in [6, 6.07) is 8.42. The summed E-state index contributed by atoms with van der Waals surface area (Å²) in [7, 11) is 0. The van der Waals surface area contributed by atoms with Gasteiger partial charge in [-0.1, -0.05) is 26.8 Å². The first-order chi connectivity index (χ1) is 8.97. The van der Waals surface area contributed by atoms with E-state index in [1.165, 1.54) is 11.1 Å². The first-order valence-electron chi connectivity index (χ1n) is 6.60. The summed E-state index contributed by atoms with van der Waals surface area (Å²) in [5.74, 6) is 0.900. The standard InChI is InChI=1S/C16H21N3/c1-12(13-7-9-17-10-8-13)19-15-6-5-14(11-18-15)16(2,3)4/h5-12H,1-4H3,(H,18,19). The average molecular weight is 255 g/mol. The molecule has 0 aliphatic carbocycles. The smallest absolute Gasteiger partial charge is 0.126 e. The molecule has 1 unspecified atom stereocenters. The molecule has 0 aliphatic heterocycles. The Balaban J connectivity index is 2.08. The highest BCUT2D eigenvalue weighted by molar-refractivity contribution is 5.39. The van der Waals surface area contributed by atoms with Gasteiger partial charge < -0.3 is 5.32 Å². The molecule has 2 heterocycles. The van der Waals surface area contributed by atoms with Gasteiger partial charge in [-0.05, 0) is 41.7 Å². The molecule has 1 N–H and O–H groups in total.